The average molecular weight is 552 g/mol. The van der Waals surface area contributed by atoms with E-state index in [2.05, 4.69) is 31.2 Å². The van der Waals surface area contributed by atoms with Gasteiger partial charge in [0.2, 0.25) is 5.91 Å². The molecule has 0 unspecified atom stereocenters. The molecule has 39 heavy (non-hydrogen) atoms. The second kappa shape index (κ2) is 11.0. The van der Waals surface area contributed by atoms with Crippen LogP contribution in [0.15, 0.2) is 30.6 Å². The normalized spacial score (nSPS) is 24.9. The van der Waals surface area contributed by atoms with Gasteiger partial charge in [-0.1, -0.05) is 11.6 Å². The van der Waals surface area contributed by atoms with Gasteiger partial charge in [0.05, 0.1) is 11.9 Å². The minimum atomic E-state index is -0.341. The first kappa shape index (κ1) is 25.8. The molecule has 206 valence electrons. The molecule has 0 radical (unpaired) electrons. The fraction of sp³-hybridized carbons (Fsp3) is 0.519. The van der Waals surface area contributed by atoms with Crippen molar-refractivity contribution < 1.29 is 9.59 Å². The lowest BCUT2D eigenvalue weighted by Crippen LogP contribution is -2.42. The number of carbonyl (C=O) groups excluding carboxylic acids is 2. The molecular formula is C27H34ClN9O2. The Morgan fingerprint density at radius 1 is 0.949 bits per heavy atom. The Morgan fingerprint density at radius 2 is 1.69 bits per heavy atom. The summed E-state index contributed by atoms with van der Waals surface area (Å²) >= 11 is 5.97. The van der Waals surface area contributed by atoms with E-state index in [1.165, 1.54) is 12.4 Å². The van der Waals surface area contributed by atoms with E-state index < -0.39 is 0 Å². The maximum atomic E-state index is 13.1. The number of nitrogens with one attached hydrogen (secondary N) is 4. The van der Waals surface area contributed by atoms with Crippen LogP contribution in [0.25, 0.3) is 5.65 Å². The van der Waals surface area contributed by atoms with Crippen LogP contribution in [0.3, 0.4) is 0 Å². The molecule has 3 fully saturated rings. The molecule has 2 atom stereocenters. The Kier molecular flexibility index (Phi) is 7.26. The highest BCUT2D eigenvalue weighted by Gasteiger charge is 2.31. The van der Waals surface area contributed by atoms with Gasteiger partial charge in [0.15, 0.2) is 11.3 Å². The third-order valence-electron chi connectivity index (χ3n) is 7.89. The number of pyridine rings is 1. The number of anilines is 3. The predicted octanol–water partition coefficient (Wildman–Crippen LogP) is 3.57. The third kappa shape index (κ3) is 6.09. The zero-order valence-corrected chi connectivity index (χ0v) is 22.5. The highest BCUT2D eigenvalue weighted by Crippen LogP contribution is 2.30. The summed E-state index contributed by atoms with van der Waals surface area (Å²) in [6.07, 6.45) is 11.5. The first-order valence-corrected chi connectivity index (χ1v) is 14.2. The number of amides is 2. The molecule has 3 aliphatic rings. The standard InChI is InChI=1S/C27H34ClN9O2/c28-23-12-20(9-10-30-23)35-27(39)22-14-31-25-21(32-17-3-4-17)13-24(36-37(22)25)33-18-5-7-19(8-6-18)34-26(38)15-1-2-16(29)11-15/h9-10,12-19,32H,1-8,11,29H2,(H,33,36)(H,34,38)(H,30,35,39)/t15-,16+,18-,19-/m0/s1. The fourth-order valence-electron chi connectivity index (χ4n) is 5.59. The van der Waals surface area contributed by atoms with E-state index in [-0.39, 0.29) is 35.9 Å². The summed E-state index contributed by atoms with van der Waals surface area (Å²) in [5.74, 6) is 0.548. The lowest BCUT2D eigenvalue weighted by Gasteiger charge is -2.30. The maximum absolute atomic E-state index is 13.1. The van der Waals surface area contributed by atoms with Gasteiger partial charge >= 0.3 is 0 Å². The minimum absolute atomic E-state index is 0.0567. The third-order valence-corrected chi connectivity index (χ3v) is 8.10. The minimum Gasteiger partial charge on any atom is -0.379 e. The van der Waals surface area contributed by atoms with Crippen LogP contribution in [-0.2, 0) is 4.79 Å². The number of nitrogens with two attached hydrogens (primary N) is 1. The van der Waals surface area contributed by atoms with Crippen molar-refractivity contribution in [3.05, 3.63) is 41.4 Å². The molecule has 0 aromatic carbocycles. The van der Waals surface area contributed by atoms with E-state index in [0.717, 1.165) is 63.5 Å². The summed E-state index contributed by atoms with van der Waals surface area (Å²) in [6.45, 7) is 0. The van der Waals surface area contributed by atoms with Gasteiger partial charge in [-0.15, -0.1) is 5.10 Å². The van der Waals surface area contributed by atoms with Crippen molar-refractivity contribution in [2.45, 2.75) is 82.0 Å². The molecule has 6 N–H and O–H groups in total. The molecule has 0 saturated heterocycles. The van der Waals surface area contributed by atoms with Crippen LogP contribution >= 0.6 is 11.6 Å². The number of hydrogen-bond acceptors (Lipinski definition) is 8. The quantitative estimate of drug-likeness (QED) is 0.266. The van der Waals surface area contributed by atoms with Crippen molar-refractivity contribution in [3.8, 4) is 0 Å². The monoisotopic (exact) mass is 551 g/mol. The van der Waals surface area contributed by atoms with Crippen molar-refractivity contribution in [1.82, 2.24) is 24.9 Å². The second-order valence-electron chi connectivity index (χ2n) is 11.0. The second-order valence-corrected chi connectivity index (χ2v) is 11.4. The van der Waals surface area contributed by atoms with Gasteiger partial charge in [-0.3, -0.25) is 9.59 Å². The van der Waals surface area contributed by atoms with Crippen molar-refractivity contribution in [3.63, 3.8) is 0 Å². The largest absolute Gasteiger partial charge is 0.379 e. The molecule has 0 spiro atoms. The number of carbonyl (C=O) groups is 2. The molecule has 12 heteroatoms. The van der Waals surface area contributed by atoms with Crippen molar-refractivity contribution in [2.75, 3.05) is 16.0 Å². The Morgan fingerprint density at radius 3 is 2.41 bits per heavy atom. The summed E-state index contributed by atoms with van der Waals surface area (Å²) in [4.78, 5) is 34.2. The van der Waals surface area contributed by atoms with Gasteiger partial charge in [-0.2, -0.15) is 0 Å². The number of aromatic nitrogens is 4. The highest BCUT2D eigenvalue weighted by molar-refractivity contribution is 6.29. The number of halogens is 1. The van der Waals surface area contributed by atoms with E-state index in [1.807, 2.05) is 6.07 Å². The van der Waals surface area contributed by atoms with E-state index in [4.69, 9.17) is 22.4 Å². The molecule has 0 bridgehead atoms. The lowest BCUT2D eigenvalue weighted by atomic mass is 9.90. The Labute approximate surface area is 231 Å². The maximum Gasteiger partial charge on any atom is 0.276 e. The number of fused-ring (bicyclic) bond motifs is 1. The summed E-state index contributed by atoms with van der Waals surface area (Å²) in [7, 11) is 0. The zero-order valence-electron chi connectivity index (χ0n) is 21.7. The van der Waals surface area contributed by atoms with Crippen LogP contribution in [0.4, 0.5) is 17.2 Å². The molecule has 3 saturated carbocycles. The van der Waals surface area contributed by atoms with Crippen LogP contribution in [0, 0.1) is 5.92 Å². The topological polar surface area (TPSA) is 151 Å². The van der Waals surface area contributed by atoms with Gasteiger partial charge in [-0.25, -0.2) is 14.5 Å². The molecule has 11 nitrogen and oxygen atoms in total. The van der Waals surface area contributed by atoms with Crippen LogP contribution < -0.4 is 27.0 Å². The van der Waals surface area contributed by atoms with Crippen molar-refractivity contribution in [2.24, 2.45) is 11.7 Å². The van der Waals surface area contributed by atoms with E-state index in [1.54, 1.807) is 16.6 Å². The van der Waals surface area contributed by atoms with Gasteiger partial charge in [-0.05, 0) is 69.9 Å². The first-order valence-electron chi connectivity index (χ1n) is 13.8. The Hall–Kier alpha value is -3.44. The van der Waals surface area contributed by atoms with Crippen LogP contribution in [-0.4, -0.2) is 55.6 Å². The molecule has 3 aromatic rings. The Balaban J connectivity index is 1.14. The molecule has 3 heterocycles. The van der Waals surface area contributed by atoms with E-state index >= 15 is 0 Å². The smallest absolute Gasteiger partial charge is 0.276 e. The van der Waals surface area contributed by atoms with E-state index in [9.17, 15) is 9.59 Å². The first-order chi connectivity index (χ1) is 18.9. The zero-order chi connectivity index (χ0) is 26.9. The summed E-state index contributed by atoms with van der Waals surface area (Å²) in [5, 5.41) is 18.2. The summed E-state index contributed by atoms with van der Waals surface area (Å²) in [6, 6.07) is 6.21. The summed E-state index contributed by atoms with van der Waals surface area (Å²) in [5.41, 5.74) is 8.29. The van der Waals surface area contributed by atoms with Crippen LogP contribution in [0.2, 0.25) is 5.15 Å². The molecule has 3 aromatic heterocycles. The molecule has 3 aliphatic carbocycles. The highest BCUT2D eigenvalue weighted by atomic mass is 35.5. The fourth-order valence-corrected chi connectivity index (χ4v) is 5.76. The van der Waals surface area contributed by atoms with Crippen molar-refractivity contribution >= 4 is 46.3 Å². The number of nitrogens with zero attached hydrogens (tertiary/aromatic N) is 4. The Bertz CT molecular complexity index is 1370. The lowest BCUT2D eigenvalue weighted by molar-refractivity contribution is -0.125. The van der Waals surface area contributed by atoms with Crippen LogP contribution in [0.1, 0.15) is 68.3 Å². The molecular weight excluding hydrogens is 518 g/mol. The van der Waals surface area contributed by atoms with Gasteiger partial charge in [0.1, 0.15) is 11.0 Å². The van der Waals surface area contributed by atoms with Crippen molar-refractivity contribution in [1.29, 1.82) is 0 Å². The summed E-state index contributed by atoms with van der Waals surface area (Å²) < 4.78 is 1.59. The van der Waals surface area contributed by atoms with Gasteiger partial charge < -0.3 is 27.0 Å². The average Bonchev–Trinajstić information content (AvgIpc) is 3.44. The number of imidazole rings is 1. The number of rotatable bonds is 8. The predicted molar refractivity (Wildman–Crippen MR) is 150 cm³/mol. The van der Waals surface area contributed by atoms with Crippen LogP contribution in [0.5, 0.6) is 0 Å². The molecule has 0 aliphatic heterocycles. The van der Waals surface area contributed by atoms with Gasteiger partial charge in [0.25, 0.3) is 5.91 Å². The number of hydrogen-bond donors (Lipinski definition) is 5. The molecule has 2 amide bonds. The molecule has 6 rings (SSSR count). The van der Waals surface area contributed by atoms with Gasteiger partial charge in [0, 0.05) is 48.0 Å². The SMILES string of the molecule is N[C@@H]1CC[C@H](C(=O)N[C@H]2CC[C@H](Nc3cc(NC4CC4)c4ncc(C(=O)Nc5ccnc(Cl)c5)n4n3)CC2)C1. The van der Waals surface area contributed by atoms with E-state index in [0.29, 0.717) is 34.0 Å².